The van der Waals surface area contributed by atoms with Crippen molar-refractivity contribution >= 4 is 27.4 Å². The molecule has 0 aromatic rings. The summed E-state index contributed by atoms with van der Waals surface area (Å²) in [5, 5.41) is 0. The zero-order valence-corrected chi connectivity index (χ0v) is 10.6. The molecule has 1 atom stereocenters. The Morgan fingerprint density at radius 2 is 2.13 bits per heavy atom. The highest BCUT2D eigenvalue weighted by Gasteiger charge is 2.31. The molecular formula is C8H17N3O2S2. The molecule has 2 N–H and O–H groups in total. The number of hydrogen-bond donors (Lipinski definition) is 1. The standard InChI is InChI=1S/C8H17N3O2S2/c1-10(2)15(12,13)11-5-3-4-7(6-11)8(9)14/h7H,3-6H2,1-2H3,(H2,9,14). The van der Waals surface area contributed by atoms with E-state index in [9.17, 15) is 8.42 Å². The summed E-state index contributed by atoms with van der Waals surface area (Å²) in [6.45, 7) is 0.968. The maximum atomic E-state index is 11.8. The minimum atomic E-state index is -3.31. The first kappa shape index (κ1) is 12.8. The lowest BCUT2D eigenvalue weighted by molar-refractivity contribution is 0.296. The van der Waals surface area contributed by atoms with Crippen LogP contribution in [0.4, 0.5) is 0 Å². The van der Waals surface area contributed by atoms with E-state index < -0.39 is 10.2 Å². The second-order valence-corrected chi connectivity index (χ2v) is 6.50. The molecule has 88 valence electrons. The van der Waals surface area contributed by atoms with E-state index in [1.54, 1.807) is 0 Å². The van der Waals surface area contributed by atoms with Crippen LogP contribution < -0.4 is 5.73 Å². The van der Waals surface area contributed by atoms with Crippen LogP contribution in [0.2, 0.25) is 0 Å². The average molecular weight is 251 g/mol. The quantitative estimate of drug-likeness (QED) is 0.705. The molecule has 0 amide bonds. The van der Waals surface area contributed by atoms with Crippen molar-refractivity contribution in [3.05, 3.63) is 0 Å². The number of thiocarbonyl (C=S) groups is 1. The van der Waals surface area contributed by atoms with Gasteiger partial charge >= 0.3 is 0 Å². The van der Waals surface area contributed by atoms with Gasteiger partial charge in [-0.25, -0.2) is 0 Å². The van der Waals surface area contributed by atoms with Crippen molar-refractivity contribution in [2.45, 2.75) is 12.8 Å². The first-order valence-electron chi connectivity index (χ1n) is 4.82. The zero-order valence-electron chi connectivity index (χ0n) is 9.01. The molecule has 1 unspecified atom stereocenters. The molecule has 0 spiro atoms. The Labute approximate surface area is 96.4 Å². The maximum Gasteiger partial charge on any atom is 0.281 e. The van der Waals surface area contributed by atoms with E-state index in [4.69, 9.17) is 18.0 Å². The van der Waals surface area contributed by atoms with Crippen LogP contribution in [-0.2, 0) is 10.2 Å². The number of rotatable bonds is 3. The molecule has 0 radical (unpaired) electrons. The summed E-state index contributed by atoms with van der Waals surface area (Å²) in [6.07, 6.45) is 1.70. The van der Waals surface area contributed by atoms with Crippen molar-refractivity contribution in [1.82, 2.24) is 8.61 Å². The third-order valence-corrected chi connectivity index (χ3v) is 4.81. The summed E-state index contributed by atoms with van der Waals surface area (Å²) in [5.74, 6) is 0.0171. The number of nitrogens with zero attached hydrogens (tertiary/aromatic N) is 2. The summed E-state index contributed by atoms with van der Waals surface area (Å²) in [5.41, 5.74) is 5.55. The Balaban J connectivity index is 2.77. The van der Waals surface area contributed by atoms with Crippen LogP contribution in [0.5, 0.6) is 0 Å². The van der Waals surface area contributed by atoms with Crippen LogP contribution >= 0.6 is 12.2 Å². The van der Waals surface area contributed by atoms with Crippen LogP contribution in [0.15, 0.2) is 0 Å². The van der Waals surface area contributed by atoms with E-state index >= 15 is 0 Å². The molecule has 15 heavy (non-hydrogen) atoms. The van der Waals surface area contributed by atoms with Crippen molar-refractivity contribution in [1.29, 1.82) is 0 Å². The molecule has 1 rings (SSSR count). The SMILES string of the molecule is CN(C)S(=O)(=O)N1CCCC(C(N)=S)C1. The highest BCUT2D eigenvalue weighted by Crippen LogP contribution is 2.20. The molecule has 0 aromatic heterocycles. The first-order chi connectivity index (χ1) is 6.85. The fourth-order valence-electron chi connectivity index (χ4n) is 1.62. The second-order valence-electron chi connectivity index (χ2n) is 3.89. The van der Waals surface area contributed by atoms with Gasteiger partial charge in [0.2, 0.25) is 0 Å². The van der Waals surface area contributed by atoms with Gasteiger partial charge in [-0.15, -0.1) is 0 Å². The molecule has 1 saturated heterocycles. The van der Waals surface area contributed by atoms with Crippen LogP contribution in [0, 0.1) is 5.92 Å². The van der Waals surface area contributed by atoms with Gasteiger partial charge in [0.15, 0.2) is 0 Å². The Morgan fingerprint density at radius 1 is 1.53 bits per heavy atom. The van der Waals surface area contributed by atoms with Crippen molar-refractivity contribution < 1.29 is 8.42 Å². The third-order valence-electron chi connectivity index (χ3n) is 2.57. The van der Waals surface area contributed by atoms with Gasteiger partial charge in [0.05, 0.1) is 4.99 Å². The Bertz CT molecular complexity index is 340. The van der Waals surface area contributed by atoms with Crippen molar-refractivity contribution in [2.75, 3.05) is 27.2 Å². The van der Waals surface area contributed by atoms with Crippen LogP contribution in [0.25, 0.3) is 0 Å². The summed E-state index contributed by atoms with van der Waals surface area (Å²) >= 11 is 4.90. The third kappa shape index (κ3) is 2.87. The molecule has 7 heteroatoms. The lowest BCUT2D eigenvalue weighted by atomic mass is 10.0. The van der Waals surface area contributed by atoms with Gasteiger partial charge in [0.25, 0.3) is 10.2 Å². The summed E-state index contributed by atoms with van der Waals surface area (Å²) < 4.78 is 26.3. The van der Waals surface area contributed by atoms with Crippen molar-refractivity contribution in [2.24, 2.45) is 11.7 Å². The molecule has 1 aliphatic rings. The van der Waals surface area contributed by atoms with E-state index in [-0.39, 0.29) is 5.92 Å². The van der Waals surface area contributed by atoms with Gasteiger partial charge in [-0.05, 0) is 12.8 Å². The maximum absolute atomic E-state index is 11.8. The molecule has 0 saturated carbocycles. The average Bonchev–Trinajstić information content (AvgIpc) is 2.17. The molecule has 0 bridgehead atoms. The van der Waals surface area contributed by atoms with Gasteiger partial charge in [-0.2, -0.15) is 17.0 Å². The Hall–Kier alpha value is -0.240. The molecule has 0 aliphatic carbocycles. The summed E-state index contributed by atoms with van der Waals surface area (Å²) in [7, 11) is -0.260. The van der Waals surface area contributed by atoms with Gasteiger partial charge in [0, 0.05) is 33.1 Å². The van der Waals surface area contributed by atoms with E-state index in [2.05, 4.69) is 0 Å². The van der Waals surface area contributed by atoms with Crippen LogP contribution in [0.3, 0.4) is 0 Å². The number of hydrogen-bond acceptors (Lipinski definition) is 3. The highest BCUT2D eigenvalue weighted by atomic mass is 32.2. The summed E-state index contributed by atoms with van der Waals surface area (Å²) in [4.78, 5) is 0.411. The predicted octanol–water partition coefficient (Wildman–Crippen LogP) is -0.209. The van der Waals surface area contributed by atoms with E-state index in [1.165, 1.54) is 22.7 Å². The van der Waals surface area contributed by atoms with Gasteiger partial charge < -0.3 is 5.73 Å². The molecule has 1 heterocycles. The van der Waals surface area contributed by atoms with Crippen molar-refractivity contribution in [3.8, 4) is 0 Å². The van der Waals surface area contributed by atoms with Gasteiger partial charge in [0.1, 0.15) is 0 Å². The van der Waals surface area contributed by atoms with Gasteiger partial charge in [-0.1, -0.05) is 12.2 Å². The minimum absolute atomic E-state index is 0.0171. The number of nitrogens with two attached hydrogens (primary N) is 1. The number of piperidine rings is 1. The fourth-order valence-corrected chi connectivity index (χ4v) is 3.00. The van der Waals surface area contributed by atoms with Crippen LogP contribution in [-0.4, -0.2) is 49.2 Å². The van der Waals surface area contributed by atoms with Gasteiger partial charge in [-0.3, -0.25) is 0 Å². The highest BCUT2D eigenvalue weighted by molar-refractivity contribution is 7.86. The Morgan fingerprint density at radius 3 is 2.60 bits per heavy atom. The smallest absolute Gasteiger partial charge is 0.281 e. The first-order valence-corrected chi connectivity index (χ1v) is 6.63. The Kier molecular flexibility index (Phi) is 4.05. The van der Waals surface area contributed by atoms with E-state index in [1.807, 2.05) is 0 Å². The largest absolute Gasteiger partial charge is 0.393 e. The molecule has 5 nitrogen and oxygen atoms in total. The topological polar surface area (TPSA) is 66.6 Å². The lowest BCUT2D eigenvalue weighted by Crippen LogP contribution is -2.47. The zero-order chi connectivity index (χ0) is 11.6. The predicted molar refractivity (Wildman–Crippen MR) is 63.7 cm³/mol. The van der Waals surface area contributed by atoms with E-state index in [0.29, 0.717) is 18.1 Å². The molecule has 1 fully saturated rings. The normalized spacial score (nSPS) is 24.3. The van der Waals surface area contributed by atoms with Crippen molar-refractivity contribution in [3.63, 3.8) is 0 Å². The second kappa shape index (κ2) is 4.73. The fraction of sp³-hybridized carbons (Fsp3) is 0.875. The molecule has 1 aliphatic heterocycles. The molecular weight excluding hydrogens is 234 g/mol. The van der Waals surface area contributed by atoms with E-state index in [0.717, 1.165) is 12.8 Å². The lowest BCUT2D eigenvalue weighted by Gasteiger charge is -2.32. The monoisotopic (exact) mass is 251 g/mol. The molecule has 0 aromatic carbocycles. The minimum Gasteiger partial charge on any atom is -0.393 e. The van der Waals surface area contributed by atoms with Crippen LogP contribution in [0.1, 0.15) is 12.8 Å². The summed E-state index contributed by atoms with van der Waals surface area (Å²) in [6, 6.07) is 0.